The fourth-order valence-corrected chi connectivity index (χ4v) is 4.66. The maximum atomic E-state index is 13.2. The van der Waals surface area contributed by atoms with Gasteiger partial charge in [-0.2, -0.15) is 4.98 Å². The van der Waals surface area contributed by atoms with Crippen molar-refractivity contribution in [2.45, 2.75) is 13.0 Å². The molecule has 1 unspecified atom stereocenters. The number of piperazine rings is 1. The lowest BCUT2D eigenvalue weighted by atomic mass is 10.1. The second-order valence-corrected chi connectivity index (χ2v) is 9.92. The molecule has 10 heteroatoms. The molecule has 1 aliphatic rings. The first-order valence-electron chi connectivity index (χ1n) is 12.4. The van der Waals surface area contributed by atoms with Gasteiger partial charge < -0.3 is 31.3 Å². The minimum atomic E-state index is -0.277. The number of carbonyl (C=O) groups excluding carboxylic acids is 1. The maximum Gasteiger partial charge on any atom is 0.251 e. The molecule has 0 saturated carbocycles. The lowest BCUT2D eigenvalue weighted by Gasteiger charge is -2.33. The number of carbonyl (C=O) groups is 1. The average molecular weight is 532 g/mol. The molecule has 1 aromatic heterocycles. The molecule has 5 rings (SSSR count). The Morgan fingerprint density at radius 2 is 1.82 bits per heavy atom. The van der Waals surface area contributed by atoms with Gasteiger partial charge in [-0.15, -0.1) is 0 Å². The molecule has 1 atom stereocenters. The van der Waals surface area contributed by atoms with Gasteiger partial charge in [0, 0.05) is 42.2 Å². The number of hydrogen-bond acceptors (Lipinski definition) is 8. The molecule has 1 amide bonds. The van der Waals surface area contributed by atoms with Crippen LogP contribution in [-0.2, 0) is 0 Å². The van der Waals surface area contributed by atoms with Crippen molar-refractivity contribution in [1.29, 1.82) is 0 Å². The molecule has 9 nitrogen and oxygen atoms in total. The van der Waals surface area contributed by atoms with Crippen LogP contribution in [0.15, 0.2) is 60.7 Å². The Morgan fingerprint density at radius 1 is 1.03 bits per heavy atom. The first-order valence-corrected chi connectivity index (χ1v) is 12.8. The minimum absolute atomic E-state index is 0.190. The number of rotatable bonds is 6. The average Bonchev–Trinajstić information content (AvgIpc) is 2.90. The van der Waals surface area contributed by atoms with E-state index < -0.39 is 0 Å². The zero-order valence-corrected chi connectivity index (χ0v) is 22.1. The van der Waals surface area contributed by atoms with Crippen LogP contribution in [0.3, 0.4) is 0 Å². The Morgan fingerprint density at radius 3 is 2.58 bits per heavy atom. The minimum Gasteiger partial charge on any atom is -0.455 e. The fraction of sp³-hybridized carbons (Fsp3) is 0.250. The van der Waals surface area contributed by atoms with Crippen LogP contribution in [0.4, 0.5) is 17.5 Å². The normalized spacial score (nSPS) is 14.9. The molecule has 1 fully saturated rings. The van der Waals surface area contributed by atoms with Crippen LogP contribution >= 0.6 is 11.6 Å². The molecular weight excluding hydrogens is 502 g/mol. The Hall–Kier alpha value is -4.08. The highest BCUT2D eigenvalue weighted by atomic mass is 35.5. The van der Waals surface area contributed by atoms with Crippen molar-refractivity contribution in [2.24, 2.45) is 0 Å². The summed E-state index contributed by atoms with van der Waals surface area (Å²) in [6.45, 7) is 5.52. The second-order valence-electron chi connectivity index (χ2n) is 9.48. The summed E-state index contributed by atoms with van der Waals surface area (Å²) in [7, 11) is 2.11. The topological polar surface area (TPSA) is 123 Å². The molecule has 4 aromatic rings. The van der Waals surface area contributed by atoms with Crippen molar-refractivity contribution in [2.75, 3.05) is 49.6 Å². The van der Waals surface area contributed by atoms with Crippen LogP contribution < -0.4 is 26.4 Å². The summed E-state index contributed by atoms with van der Waals surface area (Å²) < 4.78 is 5.94. The van der Waals surface area contributed by atoms with Crippen molar-refractivity contribution >= 4 is 45.9 Å². The number of anilines is 3. The largest absolute Gasteiger partial charge is 0.455 e. The smallest absolute Gasteiger partial charge is 0.251 e. The Labute approximate surface area is 226 Å². The standard InChI is InChI=1S/C28H30ClN7O2/c1-17(18-4-3-5-21(14-18)38-25-9-7-20(29)16-23(25)30)32-27(37)19-6-8-22-24(15-19)33-28(31)34-26(22)36-12-10-35(2)11-13-36/h3-9,14-17H,10-13,30H2,1-2H3,(H,32,37)(H2,31,33,34). The molecule has 0 spiro atoms. The van der Waals surface area contributed by atoms with E-state index in [1.54, 1.807) is 30.3 Å². The van der Waals surface area contributed by atoms with Crippen molar-refractivity contribution < 1.29 is 9.53 Å². The number of benzene rings is 3. The van der Waals surface area contributed by atoms with Crippen LogP contribution in [0.25, 0.3) is 10.9 Å². The van der Waals surface area contributed by atoms with Crippen LogP contribution in [0.5, 0.6) is 11.5 Å². The number of hydrogen-bond donors (Lipinski definition) is 3. The highest BCUT2D eigenvalue weighted by Crippen LogP contribution is 2.31. The van der Waals surface area contributed by atoms with E-state index >= 15 is 0 Å². The summed E-state index contributed by atoms with van der Waals surface area (Å²) in [5, 5.41) is 4.47. The van der Waals surface area contributed by atoms with Crippen molar-refractivity contribution in [3.8, 4) is 11.5 Å². The van der Waals surface area contributed by atoms with Gasteiger partial charge in [-0.05, 0) is 68.1 Å². The lowest BCUT2D eigenvalue weighted by Crippen LogP contribution is -2.45. The summed E-state index contributed by atoms with van der Waals surface area (Å²) in [5.41, 5.74) is 14.5. The van der Waals surface area contributed by atoms with Crippen LogP contribution in [0.1, 0.15) is 28.9 Å². The van der Waals surface area contributed by atoms with Crippen molar-refractivity contribution in [3.05, 3.63) is 76.8 Å². The monoisotopic (exact) mass is 531 g/mol. The van der Waals surface area contributed by atoms with E-state index in [9.17, 15) is 4.79 Å². The first kappa shape index (κ1) is 25.6. The second kappa shape index (κ2) is 10.7. The molecular formula is C28H30ClN7O2. The third-order valence-corrected chi connectivity index (χ3v) is 6.90. The summed E-state index contributed by atoms with van der Waals surface area (Å²) in [6, 6.07) is 17.8. The van der Waals surface area contributed by atoms with Gasteiger partial charge in [0.25, 0.3) is 5.91 Å². The SMILES string of the molecule is CC(NC(=O)c1ccc2c(N3CCN(C)CC3)nc(N)nc2c1)c1cccc(Oc2ccc(Cl)cc2N)c1. The quantitative estimate of drug-likeness (QED) is 0.311. The number of ether oxygens (including phenoxy) is 1. The number of nitrogens with two attached hydrogens (primary N) is 2. The molecule has 0 radical (unpaired) electrons. The summed E-state index contributed by atoms with van der Waals surface area (Å²) in [4.78, 5) is 26.6. The van der Waals surface area contributed by atoms with Crippen molar-refractivity contribution in [1.82, 2.24) is 20.2 Å². The van der Waals surface area contributed by atoms with Gasteiger partial charge in [0.1, 0.15) is 17.3 Å². The highest BCUT2D eigenvalue weighted by Gasteiger charge is 2.20. The predicted molar refractivity (Wildman–Crippen MR) is 152 cm³/mol. The number of likely N-dealkylation sites (N-methyl/N-ethyl adjacent to an activating group) is 1. The Balaban J connectivity index is 1.32. The van der Waals surface area contributed by atoms with Gasteiger partial charge in [-0.1, -0.05) is 23.7 Å². The number of amides is 1. The number of nitrogen functional groups attached to an aromatic ring is 2. The molecule has 1 saturated heterocycles. The van der Waals surface area contributed by atoms with Gasteiger partial charge >= 0.3 is 0 Å². The molecule has 38 heavy (non-hydrogen) atoms. The third kappa shape index (κ3) is 5.58. The molecule has 1 aliphatic heterocycles. The summed E-state index contributed by atoms with van der Waals surface area (Å²) in [5.74, 6) is 1.89. The van der Waals surface area contributed by atoms with E-state index in [1.807, 2.05) is 37.3 Å². The van der Waals surface area contributed by atoms with Gasteiger partial charge in [-0.3, -0.25) is 4.79 Å². The highest BCUT2D eigenvalue weighted by molar-refractivity contribution is 6.30. The first-order chi connectivity index (χ1) is 18.3. The van der Waals surface area contributed by atoms with Crippen molar-refractivity contribution in [3.63, 3.8) is 0 Å². The Bertz CT molecular complexity index is 1490. The number of fused-ring (bicyclic) bond motifs is 1. The zero-order chi connectivity index (χ0) is 26.8. The molecule has 196 valence electrons. The molecule has 2 heterocycles. The number of nitrogens with one attached hydrogen (secondary N) is 1. The van der Waals surface area contributed by atoms with E-state index in [2.05, 4.69) is 32.1 Å². The molecule has 0 aliphatic carbocycles. The predicted octanol–water partition coefficient (Wildman–Crippen LogP) is 4.48. The van der Waals surface area contributed by atoms with Gasteiger partial charge in [-0.25, -0.2) is 4.98 Å². The maximum absolute atomic E-state index is 13.2. The van der Waals surface area contributed by atoms with Crippen LogP contribution in [0, 0.1) is 0 Å². The van der Waals surface area contributed by atoms with Crippen LogP contribution in [0.2, 0.25) is 5.02 Å². The molecule has 0 bridgehead atoms. The fourth-order valence-electron chi connectivity index (χ4n) is 4.48. The van der Waals surface area contributed by atoms with E-state index in [0.717, 1.165) is 42.9 Å². The van der Waals surface area contributed by atoms with E-state index in [1.165, 1.54) is 0 Å². The molecule has 3 aromatic carbocycles. The zero-order valence-electron chi connectivity index (χ0n) is 21.3. The van der Waals surface area contributed by atoms with Gasteiger partial charge in [0.2, 0.25) is 5.95 Å². The summed E-state index contributed by atoms with van der Waals surface area (Å²) >= 11 is 5.98. The Kier molecular flexibility index (Phi) is 7.22. The summed E-state index contributed by atoms with van der Waals surface area (Å²) in [6.07, 6.45) is 0. The molecule has 5 N–H and O–H groups in total. The number of aromatic nitrogens is 2. The van der Waals surface area contributed by atoms with E-state index in [4.69, 9.17) is 27.8 Å². The van der Waals surface area contributed by atoms with Gasteiger partial charge in [0.05, 0.1) is 17.2 Å². The van der Waals surface area contributed by atoms with Crippen LogP contribution in [-0.4, -0.2) is 54.0 Å². The van der Waals surface area contributed by atoms with E-state index in [-0.39, 0.29) is 17.9 Å². The van der Waals surface area contributed by atoms with Gasteiger partial charge in [0.15, 0.2) is 0 Å². The number of nitrogens with zero attached hydrogens (tertiary/aromatic N) is 4. The van der Waals surface area contributed by atoms with E-state index in [0.29, 0.717) is 33.3 Å². The lowest BCUT2D eigenvalue weighted by molar-refractivity contribution is 0.0940. The third-order valence-electron chi connectivity index (χ3n) is 6.66. The number of halogens is 1.